The lowest BCUT2D eigenvalue weighted by molar-refractivity contribution is -0.117. The highest BCUT2D eigenvalue weighted by atomic mass is 35.5. The Labute approximate surface area is 161 Å². The summed E-state index contributed by atoms with van der Waals surface area (Å²) in [5.41, 5.74) is 1.56. The van der Waals surface area contributed by atoms with Crippen LogP contribution in [-0.2, 0) is 22.6 Å². The van der Waals surface area contributed by atoms with E-state index in [1.54, 1.807) is 13.0 Å². The summed E-state index contributed by atoms with van der Waals surface area (Å²) in [6, 6.07) is 7.56. The first-order valence-corrected chi connectivity index (χ1v) is 9.01. The number of aromatic nitrogens is 2. The molecule has 0 spiro atoms. The SMILES string of the molecule is Cc1c(Cl)c(C(F)F)nn1CC(=O)Nc1cccc(CN2CCOCC2)c1. The van der Waals surface area contributed by atoms with Gasteiger partial charge in [0.25, 0.3) is 6.43 Å². The summed E-state index contributed by atoms with van der Waals surface area (Å²) in [6.45, 7) is 5.35. The lowest BCUT2D eigenvalue weighted by Crippen LogP contribution is -2.35. The van der Waals surface area contributed by atoms with Crippen LogP contribution in [0.15, 0.2) is 24.3 Å². The molecule has 0 unspecified atom stereocenters. The van der Waals surface area contributed by atoms with E-state index >= 15 is 0 Å². The van der Waals surface area contributed by atoms with Crippen molar-refractivity contribution in [2.75, 3.05) is 31.6 Å². The zero-order valence-corrected chi connectivity index (χ0v) is 15.7. The predicted octanol–water partition coefficient (Wildman–Crippen LogP) is 3.25. The molecule has 27 heavy (non-hydrogen) atoms. The first-order valence-electron chi connectivity index (χ1n) is 8.64. The number of benzene rings is 1. The molecule has 2 aromatic rings. The molecule has 1 amide bonds. The van der Waals surface area contributed by atoms with Gasteiger partial charge in [-0.3, -0.25) is 14.4 Å². The fraction of sp³-hybridized carbons (Fsp3) is 0.444. The van der Waals surface area contributed by atoms with Crippen molar-refractivity contribution in [2.24, 2.45) is 0 Å². The second-order valence-corrected chi connectivity index (χ2v) is 6.76. The van der Waals surface area contributed by atoms with Crippen LogP contribution in [0.1, 0.15) is 23.4 Å². The minimum absolute atomic E-state index is 0.106. The van der Waals surface area contributed by atoms with Crippen LogP contribution in [0, 0.1) is 6.92 Å². The van der Waals surface area contributed by atoms with Gasteiger partial charge >= 0.3 is 0 Å². The summed E-state index contributed by atoms with van der Waals surface area (Å²) >= 11 is 5.86. The highest BCUT2D eigenvalue weighted by Crippen LogP contribution is 2.28. The van der Waals surface area contributed by atoms with Crippen LogP contribution in [0.5, 0.6) is 0 Å². The normalized spacial score (nSPS) is 15.3. The molecule has 1 N–H and O–H groups in total. The molecule has 1 aromatic carbocycles. The van der Waals surface area contributed by atoms with Crippen molar-refractivity contribution in [1.29, 1.82) is 0 Å². The number of ether oxygens (including phenoxy) is 1. The molecule has 0 radical (unpaired) electrons. The summed E-state index contributed by atoms with van der Waals surface area (Å²) in [5.74, 6) is -0.360. The van der Waals surface area contributed by atoms with Gasteiger partial charge in [-0.05, 0) is 24.6 Å². The van der Waals surface area contributed by atoms with E-state index in [9.17, 15) is 13.6 Å². The van der Waals surface area contributed by atoms with E-state index in [1.807, 2.05) is 18.2 Å². The molecule has 146 valence electrons. The highest BCUT2D eigenvalue weighted by Gasteiger charge is 2.21. The molecule has 1 aliphatic heterocycles. The molecule has 3 rings (SSSR count). The molecule has 6 nitrogen and oxygen atoms in total. The molecule has 9 heteroatoms. The van der Waals surface area contributed by atoms with E-state index < -0.39 is 12.1 Å². The summed E-state index contributed by atoms with van der Waals surface area (Å²) in [4.78, 5) is 14.6. The van der Waals surface area contributed by atoms with Gasteiger partial charge in [0.2, 0.25) is 5.91 Å². The Morgan fingerprint density at radius 2 is 2.11 bits per heavy atom. The number of hydrogen-bond acceptors (Lipinski definition) is 4. The minimum atomic E-state index is -2.78. The Kier molecular flexibility index (Phi) is 6.41. The number of nitrogens with one attached hydrogen (secondary N) is 1. The Balaban J connectivity index is 1.62. The lowest BCUT2D eigenvalue weighted by atomic mass is 10.2. The lowest BCUT2D eigenvalue weighted by Gasteiger charge is -2.26. The Hall–Kier alpha value is -2.03. The topological polar surface area (TPSA) is 59.4 Å². The maximum absolute atomic E-state index is 12.9. The third kappa shape index (κ3) is 5.03. The van der Waals surface area contributed by atoms with Gasteiger partial charge in [-0.2, -0.15) is 5.10 Å². The maximum atomic E-state index is 12.9. The van der Waals surface area contributed by atoms with Crippen LogP contribution in [-0.4, -0.2) is 46.9 Å². The number of alkyl halides is 2. The van der Waals surface area contributed by atoms with Gasteiger partial charge in [0.1, 0.15) is 12.2 Å². The number of hydrogen-bond donors (Lipinski definition) is 1. The minimum Gasteiger partial charge on any atom is -0.379 e. The zero-order valence-electron chi connectivity index (χ0n) is 14.9. The smallest absolute Gasteiger partial charge is 0.283 e. The van der Waals surface area contributed by atoms with E-state index in [0.29, 0.717) is 11.4 Å². The van der Waals surface area contributed by atoms with Gasteiger partial charge in [-0.15, -0.1) is 0 Å². The van der Waals surface area contributed by atoms with Gasteiger partial charge in [0.15, 0.2) is 0 Å². The van der Waals surface area contributed by atoms with Crippen molar-refractivity contribution in [3.05, 3.63) is 46.2 Å². The van der Waals surface area contributed by atoms with Crippen LogP contribution >= 0.6 is 11.6 Å². The third-order valence-electron chi connectivity index (χ3n) is 4.38. The van der Waals surface area contributed by atoms with Gasteiger partial charge in [0.05, 0.1) is 23.9 Å². The van der Waals surface area contributed by atoms with Gasteiger partial charge in [-0.1, -0.05) is 23.7 Å². The summed E-state index contributed by atoms with van der Waals surface area (Å²) < 4.78 is 32.3. The van der Waals surface area contributed by atoms with Crippen LogP contribution in [0.3, 0.4) is 0 Å². The van der Waals surface area contributed by atoms with Crippen molar-refractivity contribution in [1.82, 2.24) is 14.7 Å². The Bertz CT molecular complexity index is 807. The van der Waals surface area contributed by atoms with E-state index in [-0.39, 0.29) is 17.5 Å². The molecule has 2 heterocycles. The summed E-state index contributed by atoms with van der Waals surface area (Å²) in [6.07, 6.45) is -2.78. The first kappa shape index (κ1) is 19.7. The Morgan fingerprint density at radius 1 is 1.37 bits per heavy atom. The molecule has 1 saturated heterocycles. The molecular formula is C18H21ClF2N4O2. The second-order valence-electron chi connectivity index (χ2n) is 6.38. The fourth-order valence-corrected chi connectivity index (χ4v) is 3.16. The van der Waals surface area contributed by atoms with Gasteiger partial charge in [0, 0.05) is 25.3 Å². The quantitative estimate of drug-likeness (QED) is 0.811. The number of amides is 1. The van der Waals surface area contributed by atoms with Crippen molar-refractivity contribution in [2.45, 2.75) is 26.4 Å². The van der Waals surface area contributed by atoms with Crippen LogP contribution in [0.25, 0.3) is 0 Å². The van der Waals surface area contributed by atoms with Crippen molar-refractivity contribution in [3.8, 4) is 0 Å². The van der Waals surface area contributed by atoms with Crippen molar-refractivity contribution >= 4 is 23.2 Å². The summed E-state index contributed by atoms with van der Waals surface area (Å²) in [7, 11) is 0. The molecule has 0 bridgehead atoms. The van der Waals surface area contributed by atoms with Gasteiger partial charge in [-0.25, -0.2) is 8.78 Å². The molecule has 0 atom stereocenters. The van der Waals surface area contributed by atoms with E-state index in [2.05, 4.69) is 15.3 Å². The Morgan fingerprint density at radius 3 is 2.78 bits per heavy atom. The number of carbonyl (C=O) groups excluding carboxylic acids is 1. The first-order chi connectivity index (χ1) is 12.9. The average Bonchev–Trinajstić information content (AvgIpc) is 2.91. The van der Waals surface area contributed by atoms with Crippen LogP contribution in [0.2, 0.25) is 5.02 Å². The molecular weight excluding hydrogens is 378 g/mol. The molecule has 1 aliphatic rings. The largest absolute Gasteiger partial charge is 0.379 e. The standard InChI is InChI=1S/C18H21ClF2N4O2/c1-12-16(19)17(18(20)21)23-25(12)11-15(26)22-14-4-2-3-13(9-14)10-24-5-7-27-8-6-24/h2-4,9,18H,5-8,10-11H2,1H3,(H,22,26). The fourth-order valence-electron chi connectivity index (χ4n) is 2.94. The number of nitrogens with zero attached hydrogens (tertiary/aromatic N) is 3. The highest BCUT2D eigenvalue weighted by molar-refractivity contribution is 6.31. The van der Waals surface area contributed by atoms with Gasteiger partial charge < -0.3 is 10.1 Å². The van der Waals surface area contributed by atoms with Crippen molar-refractivity contribution in [3.63, 3.8) is 0 Å². The van der Waals surface area contributed by atoms with E-state index in [1.165, 1.54) is 4.68 Å². The summed E-state index contributed by atoms with van der Waals surface area (Å²) in [5, 5.41) is 6.41. The number of anilines is 1. The average molecular weight is 399 g/mol. The number of halogens is 3. The molecule has 0 aliphatic carbocycles. The van der Waals surface area contributed by atoms with Crippen molar-refractivity contribution < 1.29 is 18.3 Å². The monoisotopic (exact) mass is 398 g/mol. The molecule has 1 aromatic heterocycles. The van der Waals surface area contributed by atoms with Crippen LogP contribution < -0.4 is 5.32 Å². The number of rotatable bonds is 6. The molecule has 1 fully saturated rings. The predicted molar refractivity (Wildman–Crippen MR) is 98.1 cm³/mol. The maximum Gasteiger partial charge on any atom is 0.283 e. The zero-order chi connectivity index (χ0) is 19.4. The third-order valence-corrected chi connectivity index (χ3v) is 4.85. The molecule has 0 saturated carbocycles. The van der Waals surface area contributed by atoms with E-state index in [4.69, 9.17) is 16.3 Å². The number of morpholine rings is 1. The van der Waals surface area contributed by atoms with E-state index in [0.717, 1.165) is 38.4 Å². The van der Waals surface area contributed by atoms with Crippen LogP contribution in [0.4, 0.5) is 14.5 Å². The number of carbonyl (C=O) groups is 1. The second kappa shape index (κ2) is 8.77.